The lowest BCUT2D eigenvalue weighted by Crippen LogP contribution is -2.26. The summed E-state index contributed by atoms with van der Waals surface area (Å²) in [6.45, 7) is 1.49. The van der Waals surface area contributed by atoms with Gasteiger partial charge in [0.1, 0.15) is 0 Å². The predicted octanol–water partition coefficient (Wildman–Crippen LogP) is 0.649. The molecule has 1 rings (SSSR count). The van der Waals surface area contributed by atoms with Crippen molar-refractivity contribution >= 4 is 5.91 Å². The summed E-state index contributed by atoms with van der Waals surface area (Å²) in [5.74, 6) is 0.150. The maximum atomic E-state index is 11.2. The summed E-state index contributed by atoms with van der Waals surface area (Å²) in [4.78, 5) is 16.8. The normalized spacial score (nSPS) is 10.0. The van der Waals surface area contributed by atoms with E-state index in [2.05, 4.69) is 10.3 Å². The van der Waals surface area contributed by atoms with Crippen molar-refractivity contribution in [2.45, 2.75) is 13.0 Å². The van der Waals surface area contributed by atoms with E-state index in [1.54, 1.807) is 31.4 Å². The van der Waals surface area contributed by atoms with E-state index in [1.165, 1.54) is 5.56 Å². The summed E-state index contributed by atoms with van der Waals surface area (Å²) >= 11 is 0. The molecule has 0 radical (unpaired) electrons. The molecule has 1 aromatic rings. The average Bonchev–Trinajstić information content (AvgIpc) is 2.25. The second kappa shape index (κ2) is 6.14. The maximum absolute atomic E-state index is 11.2. The lowest BCUT2D eigenvalue weighted by atomic mass is 10.2. The van der Waals surface area contributed by atoms with Gasteiger partial charge in [0, 0.05) is 46.0 Å². The second-order valence-electron chi connectivity index (χ2n) is 3.57. The van der Waals surface area contributed by atoms with Gasteiger partial charge in [-0.3, -0.25) is 9.78 Å². The van der Waals surface area contributed by atoms with Gasteiger partial charge in [-0.25, -0.2) is 0 Å². The minimum Gasteiger partial charge on any atom is -0.349 e. The molecule has 1 amide bonds. The third kappa shape index (κ3) is 4.56. The molecule has 0 aliphatic carbocycles. The minimum atomic E-state index is 0.150. The zero-order valence-corrected chi connectivity index (χ0v) is 9.23. The van der Waals surface area contributed by atoms with Gasteiger partial charge in [-0.05, 0) is 17.7 Å². The molecule has 0 saturated heterocycles. The molecule has 4 heteroatoms. The lowest BCUT2D eigenvalue weighted by molar-refractivity contribution is -0.128. The largest absolute Gasteiger partial charge is 0.349 e. The molecule has 82 valence electrons. The Hall–Kier alpha value is -1.42. The highest BCUT2D eigenvalue weighted by atomic mass is 16.2. The molecule has 0 fully saturated rings. The first-order valence-corrected chi connectivity index (χ1v) is 5.00. The van der Waals surface area contributed by atoms with E-state index in [0.717, 1.165) is 6.54 Å². The number of carbonyl (C=O) groups is 1. The number of aromatic nitrogens is 1. The number of nitrogens with zero attached hydrogens (tertiary/aromatic N) is 2. The molecule has 0 aromatic carbocycles. The molecular formula is C11H17N3O. The van der Waals surface area contributed by atoms with Gasteiger partial charge in [0.15, 0.2) is 0 Å². The van der Waals surface area contributed by atoms with Crippen molar-refractivity contribution in [3.05, 3.63) is 30.1 Å². The SMILES string of the molecule is CN(C)C(=O)CCNCc1ccncc1. The molecule has 0 aliphatic rings. The molecule has 0 spiro atoms. The van der Waals surface area contributed by atoms with Gasteiger partial charge in [-0.1, -0.05) is 0 Å². The van der Waals surface area contributed by atoms with Crippen molar-refractivity contribution in [1.29, 1.82) is 0 Å². The average molecular weight is 207 g/mol. The van der Waals surface area contributed by atoms with E-state index in [1.807, 2.05) is 12.1 Å². The van der Waals surface area contributed by atoms with Crippen LogP contribution in [0.5, 0.6) is 0 Å². The molecule has 0 unspecified atom stereocenters. The minimum absolute atomic E-state index is 0.150. The zero-order chi connectivity index (χ0) is 11.1. The number of pyridine rings is 1. The highest BCUT2D eigenvalue weighted by molar-refractivity contribution is 5.75. The number of carbonyl (C=O) groups excluding carboxylic acids is 1. The molecule has 0 saturated carbocycles. The summed E-state index contributed by atoms with van der Waals surface area (Å²) in [6, 6.07) is 3.92. The Bertz CT molecular complexity index is 298. The number of nitrogens with one attached hydrogen (secondary N) is 1. The Labute approximate surface area is 90.3 Å². The van der Waals surface area contributed by atoms with E-state index >= 15 is 0 Å². The summed E-state index contributed by atoms with van der Waals surface area (Å²) in [5.41, 5.74) is 1.18. The predicted molar refractivity (Wildman–Crippen MR) is 59.3 cm³/mol. The van der Waals surface area contributed by atoms with Crippen LogP contribution in [0.1, 0.15) is 12.0 Å². The molecule has 1 N–H and O–H groups in total. The maximum Gasteiger partial charge on any atom is 0.223 e. The molecular weight excluding hydrogens is 190 g/mol. The van der Waals surface area contributed by atoms with Crippen LogP contribution in [-0.4, -0.2) is 36.4 Å². The van der Waals surface area contributed by atoms with Crippen LogP contribution in [0.3, 0.4) is 0 Å². The number of amides is 1. The van der Waals surface area contributed by atoms with Gasteiger partial charge in [0.25, 0.3) is 0 Å². The van der Waals surface area contributed by atoms with E-state index in [0.29, 0.717) is 13.0 Å². The molecule has 0 atom stereocenters. The Kier molecular flexibility index (Phi) is 4.77. The first-order valence-electron chi connectivity index (χ1n) is 5.00. The Morgan fingerprint density at radius 2 is 2.07 bits per heavy atom. The fraction of sp³-hybridized carbons (Fsp3) is 0.455. The van der Waals surface area contributed by atoms with Crippen LogP contribution in [-0.2, 0) is 11.3 Å². The second-order valence-corrected chi connectivity index (χ2v) is 3.57. The molecule has 1 heterocycles. The van der Waals surface area contributed by atoms with E-state index in [4.69, 9.17) is 0 Å². The summed E-state index contributed by atoms with van der Waals surface area (Å²) < 4.78 is 0. The smallest absolute Gasteiger partial charge is 0.223 e. The third-order valence-electron chi connectivity index (χ3n) is 2.09. The van der Waals surface area contributed by atoms with Gasteiger partial charge < -0.3 is 10.2 Å². The third-order valence-corrected chi connectivity index (χ3v) is 2.09. The van der Waals surface area contributed by atoms with Gasteiger partial charge in [-0.15, -0.1) is 0 Å². The van der Waals surface area contributed by atoms with Gasteiger partial charge in [0.2, 0.25) is 5.91 Å². The van der Waals surface area contributed by atoms with Gasteiger partial charge in [0.05, 0.1) is 0 Å². The Balaban J connectivity index is 2.15. The fourth-order valence-electron chi connectivity index (χ4n) is 1.15. The first kappa shape index (κ1) is 11.7. The van der Waals surface area contributed by atoms with Gasteiger partial charge in [-0.2, -0.15) is 0 Å². The zero-order valence-electron chi connectivity index (χ0n) is 9.23. The summed E-state index contributed by atoms with van der Waals surface area (Å²) in [7, 11) is 3.54. The van der Waals surface area contributed by atoms with Crippen molar-refractivity contribution in [2.24, 2.45) is 0 Å². The van der Waals surface area contributed by atoms with Crippen LogP contribution >= 0.6 is 0 Å². The number of hydrogen-bond acceptors (Lipinski definition) is 3. The van der Waals surface area contributed by atoms with E-state index in [-0.39, 0.29) is 5.91 Å². The van der Waals surface area contributed by atoms with Crippen LogP contribution in [0.15, 0.2) is 24.5 Å². The highest BCUT2D eigenvalue weighted by Gasteiger charge is 2.02. The monoisotopic (exact) mass is 207 g/mol. The van der Waals surface area contributed by atoms with Crippen molar-refractivity contribution < 1.29 is 4.79 Å². The lowest BCUT2D eigenvalue weighted by Gasteiger charge is -2.10. The molecule has 0 aliphatic heterocycles. The van der Waals surface area contributed by atoms with Crippen LogP contribution in [0.4, 0.5) is 0 Å². The molecule has 4 nitrogen and oxygen atoms in total. The van der Waals surface area contributed by atoms with Crippen LogP contribution in [0.25, 0.3) is 0 Å². The summed E-state index contributed by atoms with van der Waals surface area (Å²) in [5, 5.41) is 3.21. The highest BCUT2D eigenvalue weighted by Crippen LogP contribution is 1.95. The molecule has 15 heavy (non-hydrogen) atoms. The van der Waals surface area contributed by atoms with E-state index < -0.39 is 0 Å². The molecule has 1 aromatic heterocycles. The van der Waals surface area contributed by atoms with Crippen LogP contribution in [0, 0.1) is 0 Å². The van der Waals surface area contributed by atoms with Crippen molar-refractivity contribution in [2.75, 3.05) is 20.6 Å². The van der Waals surface area contributed by atoms with Crippen LogP contribution < -0.4 is 5.32 Å². The number of rotatable bonds is 5. The van der Waals surface area contributed by atoms with Crippen molar-refractivity contribution in [3.63, 3.8) is 0 Å². The van der Waals surface area contributed by atoms with Gasteiger partial charge >= 0.3 is 0 Å². The van der Waals surface area contributed by atoms with Crippen molar-refractivity contribution in [3.8, 4) is 0 Å². The molecule has 0 bridgehead atoms. The standard InChI is InChI=1S/C11H17N3O/c1-14(2)11(15)5-8-13-9-10-3-6-12-7-4-10/h3-4,6-7,13H,5,8-9H2,1-2H3. The van der Waals surface area contributed by atoms with Crippen LogP contribution in [0.2, 0.25) is 0 Å². The Morgan fingerprint density at radius 3 is 2.67 bits per heavy atom. The fourth-order valence-corrected chi connectivity index (χ4v) is 1.15. The topological polar surface area (TPSA) is 45.2 Å². The van der Waals surface area contributed by atoms with Crippen molar-refractivity contribution in [1.82, 2.24) is 15.2 Å². The quantitative estimate of drug-likeness (QED) is 0.721. The van der Waals surface area contributed by atoms with E-state index in [9.17, 15) is 4.79 Å². The Morgan fingerprint density at radius 1 is 1.40 bits per heavy atom. The number of hydrogen-bond donors (Lipinski definition) is 1. The summed E-state index contributed by atoms with van der Waals surface area (Å²) in [6.07, 6.45) is 4.07. The first-order chi connectivity index (χ1) is 7.20.